The first-order chi connectivity index (χ1) is 3.72. The molecule has 0 amide bonds. The van der Waals surface area contributed by atoms with Crippen LogP contribution in [0.3, 0.4) is 0 Å². The van der Waals surface area contributed by atoms with Gasteiger partial charge in [-0.1, -0.05) is 0 Å². The molecule has 46 valence electrons. The van der Waals surface area contributed by atoms with Crippen molar-refractivity contribution < 1.29 is 0 Å². The van der Waals surface area contributed by atoms with Gasteiger partial charge in [0, 0.05) is 16.8 Å². The van der Waals surface area contributed by atoms with E-state index < -0.39 is 0 Å². The second kappa shape index (κ2) is 3.55. The van der Waals surface area contributed by atoms with Crippen LogP contribution in [0.4, 0.5) is 0 Å². The lowest BCUT2D eigenvalue weighted by atomic mass is 10.5. The maximum atomic E-state index is 6.81. The molecule has 0 radical (unpaired) electrons. The van der Waals surface area contributed by atoms with Crippen molar-refractivity contribution in [1.29, 1.82) is 5.41 Å². The normalized spacial score (nSPS) is 12.8. The second-order valence-corrected chi connectivity index (χ2v) is 2.24. The summed E-state index contributed by atoms with van der Waals surface area (Å²) in [6.45, 7) is 1.79. The highest BCUT2D eigenvalue weighted by Crippen LogP contribution is 2.09. The molecule has 0 rings (SSSR count). The number of allylic oxidation sites excluding steroid dienone is 2. The first-order valence-corrected chi connectivity index (χ1v) is 3.45. The standard InChI is InChI=1S/C5H10N2S/c1-4(7)5(3-6)8-2/h3,6H,7H2,1-2H3. The Hall–Kier alpha value is -0.440. The van der Waals surface area contributed by atoms with Crippen molar-refractivity contribution in [3.63, 3.8) is 0 Å². The Morgan fingerprint density at radius 2 is 2.25 bits per heavy atom. The third kappa shape index (κ3) is 2.02. The fourth-order valence-electron chi connectivity index (χ4n) is 0.334. The molecule has 0 aliphatic rings. The Balaban J connectivity index is 4.07. The van der Waals surface area contributed by atoms with Gasteiger partial charge in [-0.3, -0.25) is 0 Å². The van der Waals surface area contributed by atoms with Crippen LogP contribution in [0.15, 0.2) is 10.6 Å². The highest BCUT2D eigenvalue weighted by Gasteiger charge is 1.89. The molecule has 0 bridgehead atoms. The fraction of sp³-hybridized carbons (Fsp3) is 0.400. The molecule has 2 nitrogen and oxygen atoms in total. The van der Waals surface area contributed by atoms with Crippen LogP contribution >= 0.6 is 11.8 Å². The van der Waals surface area contributed by atoms with E-state index in [9.17, 15) is 0 Å². The number of nitrogens with two attached hydrogens (primary N) is 1. The van der Waals surface area contributed by atoms with E-state index >= 15 is 0 Å². The number of hydrogen-bond acceptors (Lipinski definition) is 3. The van der Waals surface area contributed by atoms with Gasteiger partial charge in [-0.25, -0.2) is 0 Å². The lowest BCUT2D eigenvalue weighted by molar-refractivity contribution is 1.31. The Morgan fingerprint density at radius 3 is 2.25 bits per heavy atom. The summed E-state index contributed by atoms with van der Waals surface area (Å²) < 4.78 is 0. The molecule has 0 fully saturated rings. The van der Waals surface area contributed by atoms with Crippen molar-refractivity contribution in [2.45, 2.75) is 6.92 Å². The molecule has 8 heavy (non-hydrogen) atoms. The highest BCUT2D eigenvalue weighted by atomic mass is 32.2. The predicted octanol–water partition coefficient (Wildman–Crippen LogP) is 1.19. The monoisotopic (exact) mass is 130 g/mol. The molecule has 0 spiro atoms. The molecular formula is C5H10N2S. The molecule has 3 heteroatoms. The minimum Gasteiger partial charge on any atom is -0.401 e. The topological polar surface area (TPSA) is 49.9 Å². The number of rotatable bonds is 2. The second-order valence-electron chi connectivity index (χ2n) is 1.40. The maximum Gasteiger partial charge on any atom is 0.0430 e. The summed E-state index contributed by atoms with van der Waals surface area (Å²) in [5.41, 5.74) is 6.08. The molecule has 0 aliphatic heterocycles. The first kappa shape index (κ1) is 7.56. The van der Waals surface area contributed by atoms with Gasteiger partial charge >= 0.3 is 0 Å². The Bertz CT molecular complexity index is 114. The zero-order valence-corrected chi connectivity index (χ0v) is 5.88. The van der Waals surface area contributed by atoms with Crippen molar-refractivity contribution in [2.24, 2.45) is 5.73 Å². The summed E-state index contributed by atoms with van der Waals surface area (Å²) in [5.74, 6) is 0. The lowest BCUT2D eigenvalue weighted by Gasteiger charge is -1.95. The molecule has 0 saturated carbocycles. The van der Waals surface area contributed by atoms with E-state index in [-0.39, 0.29) is 0 Å². The van der Waals surface area contributed by atoms with Gasteiger partial charge < -0.3 is 11.1 Å². The first-order valence-electron chi connectivity index (χ1n) is 2.23. The number of hydrogen-bond donors (Lipinski definition) is 2. The third-order valence-corrected chi connectivity index (χ3v) is 1.62. The van der Waals surface area contributed by atoms with E-state index in [2.05, 4.69) is 0 Å². The van der Waals surface area contributed by atoms with Gasteiger partial charge in [0.15, 0.2) is 0 Å². The summed E-state index contributed by atoms with van der Waals surface area (Å²) in [7, 11) is 0. The van der Waals surface area contributed by atoms with Gasteiger partial charge in [0.1, 0.15) is 0 Å². The molecule has 0 aromatic heterocycles. The molecule has 0 aliphatic carbocycles. The summed E-state index contributed by atoms with van der Waals surface area (Å²) in [4.78, 5) is 0.838. The van der Waals surface area contributed by atoms with Crippen molar-refractivity contribution >= 4 is 18.0 Å². The van der Waals surface area contributed by atoms with E-state index in [4.69, 9.17) is 11.1 Å². The van der Waals surface area contributed by atoms with Crippen LogP contribution in [-0.2, 0) is 0 Å². The minimum atomic E-state index is 0.715. The van der Waals surface area contributed by atoms with E-state index in [0.717, 1.165) is 4.91 Å². The molecular weight excluding hydrogens is 120 g/mol. The average Bonchev–Trinajstić information content (AvgIpc) is 1.69. The Kier molecular flexibility index (Phi) is 3.35. The van der Waals surface area contributed by atoms with E-state index in [1.54, 1.807) is 6.92 Å². The minimum absolute atomic E-state index is 0.715. The molecule has 0 atom stereocenters. The summed E-state index contributed by atoms with van der Waals surface area (Å²) in [6, 6.07) is 0. The predicted molar refractivity (Wildman–Crippen MR) is 39.2 cm³/mol. The molecule has 0 unspecified atom stereocenters. The largest absolute Gasteiger partial charge is 0.401 e. The van der Waals surface area contributed by atoms with Gasteiger partial charge in [-0.2, -0.15) is 0 Å². The van der Waals surface area contributed by atoms with Crippen LogP contribution < -0.4 is 5.73 Å². The average molecular weight is 130 g/mol. The summed E-state index contributed by atoms with van der Waals surface area (Å²) in [6.07, 6.45) is 3.16. The van der Waals surface area contributed by atoms with Crippen LogP contribution in [0.25, 0.3) is 0 Å². The van der Waals surface area contributed by atoms with Crippen LogP contribution in [0.1, 0.15) is 6.92 Å². The molecule has 0 aromatic carbocycles. The van der Waals surface area contributed by atoms with Crippen LogP contribution in [0, 0.1) is 5.41 Å². The summed E-state index contributed by atoms with van der Waals surface area (Å²) >= 11 is 1.49. The molecule has 0 saturated heterocycles. The number of nitrogens with one attached hydrogen (secondary N) is 1. The maximum absolute atomic E-state index is 6.81. The lowest BCUT2D eigenvalue weighted by Crippen LogP contribution is -1.95. The van der Waals surface area contributed by atoms with Crippen LogP contribution in [0.2, 0.25) is 0 Å². The zero-order valence-electron chi connectivity index (χ0n) is 5.06. The number of thioether (sulfide) groups is 1. The van der Waals surface area contributed by atoms with Gasteiger partial charge in [-0.15, -0.1) is 11.8 Å². The quantitative estimate of drug-likeness (QED) is 0.552. The van der Waals surface area contributed by atoms with Crippen LogP contribution in [0.5, 0.6) is 0 Å². The molecule has 0 aromatic rings. The summed E-state index contributed by atoms with van der Waals surface area (Å²) in [5, 5.41) is 6.81. The van der Waals surface area contributed by atoms with Crippen molar-refractivity contribution in [2.75, 3.05) is 6.26 Å². The SMILES string of the molecule is CSC(C=N)=C(C)N. The third-order valence-electron chi connectivity index (χ3n) is 0.740. The van der Waals surface area contributed by atoms with E-state index in [1.165, 1.54) is 18.0 Å². The van der Waals surface area contributed by atoms with Crippen molar-refractivity contribution in [1.82, 2.24) is 0 Å². The van der Waals surface area contributed by atoms with Crippen LogP contribution in [-0.4, -0.2) is 12.5 Å². The van der Waals surface area contributed by atoms with Gasteiger partial charge in [0.05, 0.1) is 0 Å². The highest BCUT2D eigenvalue weighted by molar-refractivity contribution is 8.03. The van der Waals surface area contributed by atoms with Gasteiger partial charge in [-0.05, 0) is 13.2 Å². The van der Waals surface area contributed by atoms with Gasteiger partial charge in [0.2, 0.25) is 0 Å². The Labute approximate surface area is 53.7 Å². The Morgan fingerprint density at radius 1 is 1.75 bits per heavy atom. The van der Waals surface area contributed by atoms with Crippen molar-refractivity contribution in [3.05, 3.63) is 10.6 Å². The fourth-order valence-corrected chi connectivity index (χ4v) is 0.774. The zero-order chi connectivity index (χ0) is 6.57. The van der Waals surface area contributed by atoms with E-state index in [1.807, 2.05) is 6.26 Å². The molecule has 3 N–H and O–H groups in total. The van der Waals surface area contributed by atoms with Gasteiger partial charge in [0.25, 0.3) is 0 Å². The molecule has 0 heterocycles. The van der Waals surface area contributed by atoms with Crippen molar-refractivity contribution in [3.8, 4) is 0 Å². The van der Waals surface area contributed by atoms with E-state index in [0.29, 0.717) is 5.70 Å². The smallest absolute Gasteiger partial charge is 0.0430 e.